The fourth-order valence-corrected chi connectivity index (χ4v) is 16.0. The lowest BCUT2D eigenvalue weighted by Crippen LogP contribution is -2.53. The maximum absolute atomic E-state index is 14.4. The average molecular weight is 1030 g/mol. The third kappa shape index (κ3) is 7.21. The molecule has 2 aromatic carbocycles. The number of hydrogen-bond acceptors (Lipinski definition) is 14. The molecule has 4 saturated carbocycles. The van der Waals surface area contributed by atoms with Crippen molar-refractivity contribution in [2.45, 2.75) is 73.5 Å². The number of rotatable bonds is 9. The molecule has 12 rings (SSSR count). The highest BCUT2D eigenvalue weighted by Gasteiger charge is 2.59. The molecule has 2 aromatic heterocycles. The number of anilines is 4. The number of carbonyl (C=O) groups is 2. The van der Waals surface area contributed by atoms with Crippen LogP contribution >= 0.6 is 0 Å². The molecule has 368 valence electrons. The Hall–Kier alpha value is -6.79. The average Bonchev–Trinajstić information content (AvgIpc) is 4.14. The second-order valence-corrected chi connectivity index (χ2v) is 24.5. The van der Waals surface area contributed by atoms with E-state index >= 15 is 0 Å². The number of aliphatic hydroxyl groups excluding tert-OH is 2. The van der Waals surface area contributed by atoms with Crippen LogP contribution < -0.4 is 14.9 Å². The first-order valence-electron chi connectivity index (χ1n) is 23.0. The second kappa shape index (κ2) is 15.9. The molecule has 0 spiro atoms. The smallest absolute Gasteiger partial charge is 0.286 e. The lowest BCUT2D eigenvalue weighted by Gasteiger charge is -2.44. The topological polar surface area (TPSA) is 261 Å². The van der Waals surface area contributed by atoms with Crippen LogP contribution in [0.2, 0.25) is 0 Å². The van der Waals surface area contributed by atoms with Gasteiger partial charge in [-0.2, -0.15) is 16.8 Å². The summed E-state index contributed by atoms with van der Waals surface area (Å²) in [6.07, 6.45) is 7.66. The Labute approximate surface area is 405 Å². The summed E-state index contributed by atoms with van der Waals surface area (Å²) in [7, 11) is -13.9. The number of hydrogen-bond donors (Lipinski definition) is 4. The van der Waals surface area contributed by atoms with Crippen LogP contribution in [-0.2, 0) is 52.7 Å². The lowest BCUT2D eigenvalue weighted by atomic mass is 9.78. The summed E-state index contributed by atoms with van der Waals surface area (Å²) in [6.45, 7) is -0.0657. The number of sulfonamides is 3. The molecule has 8 unspecified atom stereocenters. The third-order valence-corrected chi connectivity index (χ3v) is 19.2. The Morgan fingerprint density at radius 2 is 1.06 bits per heavy atom. The molecule has 2 amide bonds. The molecular formula is C47H43F2N9O10S3. The highest BCUT2D eigenvalue weighted by molar-refractivity contribution is 7.92. The normalized spacial score (nSPS) is 28.7. The molecule has 0 radical (unpaired) electrons. The van der Waals surface area contributed by atoms with E-state index in [1.807, 2.05) is 0 Å². The maximum atomic E-state index is 14.4. The summed E-state index contributed by atoms with van der Waals surface area (Å²) in [5.74, 6) is -4.80. The number of aliphatic hydroxyl groups is 2. The molecule has 4 aromatic rings. The minimum atomic E-state index is -4.74. The van der Waals surface area contributed by atoms with Gasteiger partial charge in [-0.05, 0) is 123 Å². The fraction of sp³-hybridized carbons (Fsp3) is 0.362. The Morgan fingerprint density at radius 3 is 1.44 bits per heavy atom. The molecule has 71 heavy (non-hydrogen) atoms. The molecule has 4 bridgehead atoms. The van der Waals surface area contributed by atoms with Crippen LogP contribution in [0.4, 0.5) is 31.5 Å². The number of fused-ring (bicyclic) bond motifs is 12. The highest BCUT2D eigenvalue weighted by atomic mass is 32.2. The molecular weight excluding hydrogens is 985 g/mol. The van der Waals surface area contributed by atoms with Gasteiger partial charge in [0.15, 0.2) is 11.7 Å². The summed E-state index contributed by atoms with van der Waals surface area (Å²) in [5.41, 5.74) is -0.587. The number of amidine groups is 2. The molecule has 8 atom stereocenters. The number of aromatic nitrogens is 2. The van der Waals surface area contributed by atoms with E-state index in [9.17, 15) is 53.8 Å². The number of carbonyl (C=O) groups excluding carboxylic acids is 2. The number of pyridine rings is 2. The van der Waals surface area contributed by atoms with Crippen LogP contribution in [0.5, 0.6) is 0 Å². The molecule has 4 aliphatic carbocycles. The molecule has 0 saturated heterocycles. The van der Waals surface area contributed by atoms with Crippen molar-refractivity contribution in [2.24, 2.45) is 44.3 Å². The first-order chi connectivity index (χ1) is 33.8. The Bertz CT molecular complexity index is 3300. The molecule has 4 N–H and O–H groups in total. The highest BCUT2D eigenvalue weighted by Crippen LogP contribution is 2.57. The van der Waals surface area contributed by atoms with E-state index in [0.717, 1.165) is 73.6 Å². The van der Waals surface area contributed by atoms with Crippen molar-refractivity contribution < 1.29 is 53.8 Å². The minimum Gasteiger partial charge on any atom is -0.511 e. The van der Waals surface area contributed by atoms with Crippen molar-refractivity contribution in [3.63, 3.8) is 0 Å². The van der Waals surface area contributed by atoms with Gasteiger partial charge in [0, 0.05) is 23.9 Å². The Morgan fingerprint density at radius 1 is 0.648 bits per heavy atom. The van der Waals surface area contributed by atoms with E-state index in [1.54, 1.807) is 0 Å². The van der Waals surface area contributed by atoms with Crippen LogP contribution in [0, 0.1) is 47.1 Å². The first-order valence-corrected chi connectivity index (χ1v) is 27.7. The van der Waals surface area contributed by atoms with E-state index in [-0.39, 0.29) is 82.2 Å². The van der Waals surface area contributed by atoms with E-state index < -0.39 is 98.9 Å². The summed E-state index contributed by atoms with van der Waals surface area (Å²) < 4.78 is 120. The van der Waals surface area contributed by atoms with Gasteiger partial charge in [-0.3, -0.25) is 19.6 Å². The predicted molar refractivity (Wildman–Crippen MR) is 251 cm³/mol. The molecule has 6 heterocycles. The van der Waals surface area contributed by atoms with Gasteiger partial charge in [-0.1, -0.05) is 0 Å². The van der Waals surface area contributed by atoms with Gasteiger partial charge in [0.2, 0.25) is 10.0 Å². The standard InChI is InChI=1S/C47H43F2N9O10S3/c1-69(63,64)58(30-10-12-32-34(16-30)70(65,66)54-44(52-32)38-42(59)36-22-2-4-24(14-22)40(36)56(46(38)61)20-28-8-6-26(48)18-50-28)31-11-13-33-35(17-31)71(67,68)55-45(53-33)39-43(60)37-23-3-5-25(15-23)41(37)57(47(39)62)21-29-9-7-27(49)19-51-29/h6-13,16-19,22-25,36-37,40-41,59-60H,2-5,14-15,20-21H2,1H3,(H,52,54)(H,53,55). The van der Waals surface area contributed by atoms with Crippen LogP contribution in [0.25, 0.3) is 0 Å². The quantitative estimate of drug-likeness (QED) is 0.163. The fourth-order valence-electron chi connectivity index (χ4n) is 12.7. The van der Waals surface area contributed by atoms with Gasteiger partial charge >= 0.3 is 0 Å². The molecule has 19 nitrogen and oxygen atoms in total. The molecule has 24 heteroatoms. The number of nitrogens with one attached hydrogen (secondary N) is 2. The van der Waals surface area contributed by atoms with Crippen molar-refractivity contribution in [3.05, 3.63) is 119 Å². The van der Waals surface area contributed by atoms with E-state index in [4.69, 9.17) is 0 Å². The molecule has 8 aliphatic rings. The van der Waals surface area contributed by atoms with Gasteiger partial charge in [-0.15, -0.1) is 8.80 Å². The lowest BCUT2D eigenvalue weighted by molar-refractivity contribution is -0.135. The second-order valence-electron chi connectivity index (χ2n) is 19.5. The van der Waals surface area contributed by atoms with Crippen molar-refractivity contribution in [3.8, 4) is 0 Å². The van der Waals surface area contributed by atoms with Crippen LogP contribution in [0.1, 0.15) is 49.9 Å². The zero-order valence-electron chi connectivity index (χ0n) is 37.5. The number of benzene rings is 2. The van der Waals surface area contributed by atoms with E-state index in [2.05, 4.69) is 29.4 Å². The van der Waals surface area contributed by atoms with Crippen LogP contribution in [0.3, 0.4) is 0 Å². The van der Waals surface area contributed by atoms with Crippen molar-refractivity contribution >= 4 is 76.3 Å². The van der Waals surface area contributed by atoms with Gasteiger partial charge in [0.1, 0.15) is 44.1 Å². The minimum absolute atomic E-state index is 0.0169. The summed E-state index contributed by atoms with van der Waals surface area (Å²) in [6, 6.07) is 11.6. The van der Waals surface area contributed by atoms with Gasteiger partial charge < -0.3 is 30.6 Å². The maximum Gasteiger partial charge on any atom is 0.286 e. The molecule has 4 aliphatic heterocycles. The zero-order chi connectivity index (χ0) is 49.6. The number of amides is 2. The SMILES string of the molecule is CS(=O)(=O)N(c1ccc2c(c1)S(=O)(=O)N=C(C1=C(O)C3C4CCC(C4)C3N(Cc3ccc(F)cn3)C1=O)N2)c1ccc2c(c1)S(=O)(=O)N=C(C1=C(O)C3C4CCC(C4)C3N(Cc3ccc(F)cn3)C1=O)N2. The van der Waals surface area contributed by atoms with Gasteiger partial charge in [0.25, 0.3) is 31.9 Å². The van der Waals surface area contributed by atoms with Crippen molar-refractivity contribution in [1.29, 1.82) is 0 Å². The van der Waals surface area contributed by atoms with E-state index in [1.165, 1.54) is 58.3 Å². The first kappa shape index (κ1) is 45.4. The van der Waals surface area contributed by atoms with Crippen molar-refractivity contribution in [2.75, 3.05) is 21.2 Å². The number of halogens is 2. The van der Waals surface area contributed by atoms with Crippen LogP contribution in [-0.4, -0.2) is 97.1 Å². The third-order valence-electron chi connectivity index (χ3n) is 15.5. The molecule has 4 fully saturated rings. The zero-order valence-corrected chi connectivity index (χ0v) is 39.9. The van der Waals surface area contributed by atoms with Gasteiger partial charge in [0.05, 0.1) is 65.9 Å². The Balaban J connectivity index is 0.857. The van der Waals surface area contributed by atoms with Gasteiger partial charge in [-0.25, -0.2) is 21.5 Å². The monoisotopic (exact) mass is 1030 g/mol. The predicted octanol–water partition coefficient (Wildman–Crippen LogP) is 5.42. The Kier molecular flexibility index (Phi) is 10.1. The summed E-state index contributed by atoms with van der Waals surface area (Å²) >= 11 is 0. The van der Waals surface area contributed by atoms with Crippen molar-refractivity contribution in [1.82, 2.24) is 19.8 Å². The summed E-state index contributed by atoms with van der Waals surface area (Å²) in [4.78, 5) is 39.2. The number of nitrogens with zero attached hydrogens (tertiary/aromatic N) is 7. The largest absolute Gasteiger partial charge is 0.511 e. The van der Waals surface area contributed by atoms with E-state index in [0.29, 0.717) is 11.4 Å². The summed E-state index contributed by atoms with van der Waals surface area (Å²) in [5, 5.41) is 29.3. The van der Waals surface area contributed by atoms with Crippen LogP contribution in [0.15, 0.2) is 114 Å².